The lowest BCUT2D eigenvalue weighted by atomic mass is 10.1. The number of aromatic hydroxyl groups is 1. The van der Waals surface area contributed by atoms with Crippen LogP contribution >= 0.6 is 0 Å². The highest BCUT2D eigenvalue weighted by Crippen LogP contribution is 2.37. The van der Waals surface area contributed by atoms with E-state index in [4.69, 9.17) is 4.74 Å². The minimum atomic E-state index is -0.577. The summed E-state index contributed by atoms with van der Waals surface area (Å²) < 4.78 is 5.04. The molecular weight excluding hydrogens is 272 g/mol. The first-order valence-corrected chi connectivity index (χ1v) is 7.31. The van der Waals surface area contributed by atoms with Gasteiger partial charge in [-0.3, -0.25) is 15.0 Å². The van der Waals surface area contributed by atoms with E-state index in [9.17, 15) is 15.2 Å². The van der Waals surface area contributed by atoms with E-state index in [1.54, 1.807) is 6.07 Å². The summed E-state index contributed by atoms with van der Waals surface area (Å²) in [7, 11) is 1.40. The quantitative estimate of drug-likeness (QED) is 0.589. The molecule has 0 radical (unpaired) electrons. The Hall–Kier alpha value is -1.82. The van der Waals surface area contributed by atoms with Crippen LogP contribution in [0.3, 0.4) is 0 Å². The molecule has 2 rings (SSSR count). The van der Waals surface area contributed by atoms with E-state index in [0.717, 1.165) is 31.0 Å². The number of phenolic OH excluding ortho intramolecular Hbond substituents is 1. The van der Waals surface area contributed by atoms with Gasteiger partial charge in [-0.15, -0.1) is 0 Å². The van der Waals surface area contributed by atoms with Gasteiger partial charge in [0.2, 0.25) is 5.75 Å². The van der Waals surface area contributed by atoms with Gasteiger partial charge in [0, 0.05) is 19.2 Å². The zero-order chi connectivity index (χ0) is 15.4. The van der Waals surface area contributed by atoms with Crippen molar-refractivity contribution < 1.29 is 14.8 Å². The van der Waals surface area contributed by atoms with Crippen molar-refractivity contribution in [3.05, 3.63) is 27.8 Å². The third-order valence-corrected chi connectivity index (χ3v) is 3.69. The second-order valence-electron chi connectivity index (χ2n) is 5.60. The maximum absolute atomic E-state index is 11.0. The third-order valence-electron chi connectivity index (χ3n) is 3.69. The molecule has 0 unspecified atom stereocenters. The number of nitrogens with zero attached hydrogens (tertiary/aromatic N) is 2. The Morgan fingerprint density at radius 1 is 1.48 bits per heavy atom. The summed E-state index contributed by atoms with van der Waals surface area (Å²) in [6, 6.07) is 3.12. The first-order valence-electron chi connectivity index (χ1n) is 7.31. The van der Waals surface area contributed by atoms with Crippen molar-refractivity contribution in [2.45, 2.75) is 32.7 Å². The number of nitro groups is 1. The Bertz CT molecular complexity index is 515. The fraction of sp³-hybridized carbons (Fsp3) is 0.600. The van der Waals surface area contributed by atoms with Gasteiger partial charge in [-0.05, 0) is 43.4 Å². The van der Waals surface area contributed by atoms with Crippen molar-refractivity contribution in [3.63, 3.8) is 0 Å². The van der Waals surface area contributed by atoms with Crippen molar-refractivity contribution in [2.75, 3.05) is 20.2 Å². The molecule has 1 aliphatic rings. The van der Waals surface area contributed by atoms with E-state index in [0.29, 0.717) is 6.54 Å². The number of nitro benzene ring substituents is 1. The Labute approximate surface area is 124 Å². The van der Waals surface area contributed by atoms with Gasteiger partial charge in [-0.1, -0.05) is 6.92 Å². The molecule has 0 aliphatic heterocycles. The fourth-order valence-electron chi connectivity index (χ4n) is 2.51. The van der Waals surface area contributed by atoms with Gasteiger partial charge in [0.25, 0.3) is 0 Å². The molecule has 6 heteroatoms. The van der Waals surface area contributed by atoms with Gasteiger partial charge in [-0.2, -0.15) is 0 Å². The summed E-state index contributed by atoms with van der Waals surface area (Å²) in [5, 5.41) is 20.8. The van der Waals surface area contributed by atoms with Gasteiger partial charge >= 0.3 is 5.69 Å². The zero-order valence-electron chi connectivity index (χ0n) is 12.5. The summed E-state index contributed by atoms with van der Waals surface area (Å²) in [6.07, 6.45) is 3.60. The highest BCUT2D eigenvalue weighted by Gasteiger charge is 2.25. The Balaban J connectivity index is 2.20. The average molecular weight is 294 g/mol. The van der Waals surface area contributed by atoms with E-state index in [2.05, 4.69) is 11.8 Å². The highest BCUT2D eigenvalue weighted by molar-refractivity contribution is 5.57. The number of hydrogen-bond acceptors (Lipinski definition) is 5. The molecule has 0 atom stereocenters. The van der Waals surface area contributed by atoms with Crippen LogP contribution in [0.1, 0.15) is 31.7 Å². The molecule has 21 heavy (non-hydrogen) atoms. The van der Waals surface area contributed by atoms with E-state index in [1.807, 2.05) is 0 Å². The predicted molar refractivity (Wildman–Crippen MR) is 79.6 cm³/mol. The first kappa shape index (κ1) is 15.6. The molecular formula is C15H22N2O4. The molecule has 0 amide bonds. The van der Waals surface area contributed by atoms with Crippen molar-refractivity contribution in [2.24, 2.45) is 5.92 Å². The van der Waals surface area contributed by atoms with Crippen molar-refractivity contribution in [1.82, 2.24) is 4.90 Å². The van der Waals surface area contributed by atoms with Gasteiger partial charge in [0.15, 0.2) is 5.75 Å². The second kappa shape index (κ2) is 6.76. The minimum absolute atomic E-state index is 0.155. The van der Waals surface area contributed by atoms with Crippen LogP contribution in [0.4, 0.5) is 5.69 Å². The summed E-state index contributed by atoms with van der Waals surface area (Å²) >= 11 is 0. The second-order valence-corrected chi connectivity index (χ2v) is 5.60. The van der Waals surface area contributed by atoms with Crippen molar-refractivity contribution in [3.8, 4) is 11.5 Å². The topological polar surface area (TPSA) is 75.8 Å². The largest absolute Gasteiger partial charge is 0.500 e. The molecule has 116 valence electrons. The Kier molecular flexibility index (Phi) is 5.01. The smallest absolute Gasteiger partial charge is 0.314 e. The summed E-state index contributed by atoms with van der Waals surface area (Å²) in [5.41, 5.74) is 0.498. The Morgan fingerprint density at radius 2 is 2.19 bits per heavy atom. The predicted octanol–water partition coefficient (Wildman–Crippen LogP) is 2.93. The summed E-state index contributed by atoms with van der Waals surface area (Å²) in [5.74, 6) is 0.517. The van der Waals surface area contributed by atoms with Crippen LogP contribution in [0.25, 0.3) is 0 Å². The summed E-state index contributed by atoms with van der Waals surface area (Å²) in [4.78, 5) is 12.8. The third kappa shape index (κ3) is 4.07. The van der Waals surface area contributed by atoms with E-state index < -0.39 is 10.7 Å². The highest BCUT2D eigenvalue weighted by atomic mass is 16.6. The van der Waals surface area contributed by atoms with E-state index >= 15 is 0 Å². The number of rotatable bonds is 8. The lowest BCUT2D eigenvalue weighted by molar-refractivity contribution is -0.386. The van der Waals surface area contributed by atoms with Gasteiger partial charge in [-0.25, -0.2) is 0 Å². The van der Waals surface area contributed by atoms with Gasteiger partial charge in [0.05, 0.1) is 12.0 Å². The van der Waals surface area contributed by atoms with E-state index in [-0.39, 0.29) is 11.4 Å². The van der Waals surface area contributed by atoms with Crippen LogP contribution in [0, 0.1) is 16.0 Å². The Morgan fingerprint density at radius 3 is 2.71 bits per heavy atom. The number of phenols is 1. The van der Waals surface area contributed by atoms with Crippen LogP contribution in [0.2, 0.25) is 0 Å². The van der Waals surface area contributed by atoms with E-state index in [1.165, 1.54) is 26.0 Å². The molecule has 1 aromatic rings. The van der Waals surface area contributed by atoms with Gasteiger partial charge in [0.1, 0.15) is 0 Å². The average Bonchev–Trinajstić information content (AvgIpc) is 3.24. The number of methoxy groups -OCH3 is 1. The van der Waals surface area contributed by atoms with Crippen LogP contribution in [0.5, 0.6) is 11.5 Å². The fourth-order valence-corrected chi connectivity index (χ4v) is 2.51. The minimum Gasteiger partial charge on any atom is -0.500 e. The van der Waals surface area contributed by atoms with Gasteiger partial charge < -0.3 is 9.84 Å². The number of ether oxygens (including phenoxy) is 1. The molecule has 1 fully saturated rings. The SMILES string of the molecule is CCCN(Cc1cc(OC)c(O)c([N+](=O)[O-])c1)CC1CC1. The standard InChI is InChI=1S/C15H22N2O4/c1-3-6-16(9-11-4-5-11)10-12-7-13(17(19)20)15(18)14(8-12)21-2/h7-8,11,18H,3-6,9-10H2,1-2H3. The number of hydrogen-bond donors (Lipinski definition) is 1. The maximum atomic E-state index is 11.0. The molecule has 0 aromatic heterocycles. The van der Waals surface area contributed by atoms with Crippen LogP contribution < -0.4 is 4.74 Å². The molecule has 1 saturated carbocycles. The van der Waals surface area contributed by atoms with Crippen LogP contribution in [-0.2, 0) is 6.54 Å². The molecule has 0 bridgehead atoms. The van der Waals surface area contributed by atoms with Crippen molar-refractivity contribution in [1.29, 1.82) is 0 Å². The lowest BCUT2D eigenvalue weighted by Gasteiger charge is -2.22. The molecule has 1 aliphatic carbocycles. The van der Waals surface area contributed by atoms with Crippen LogP contribution in [-0.4, -0.2) is 35.1 Å². The lowest BCUT2D eigenvalue weighted by Crippen LogP contribution is -2.26. The summed E-state index contributed by atoms with van der Waals surface area (Å²) in [6.45, 7) is 4.76. The monoisotopic (exact) mass is 294 g/mol. The maximum Gasteiger partial charge on any atom is 0.314 e. The molecule has 1 N–H and O–H groups in total. The molecule has 1 aromatic carbocycles. The number of benzene rings is 1. The molecule has 0 spiro atoms. The molecule has 6 nitrogen and oxygen atoms in total. The van der Waals surface area contributed by atoms with Crippen LogP contribution in [0.15, 0.2) is 12.1 Å². The molecule has 0 saturated heterocycles. The normalized spacial score (nSPS) is 14.4. The first-order chi connectivity index (χ1) is 10.0. The van der Waals surface area contributed by atoms with Crippen molar-refractivity contribution >= 4 is 5.69 Å². The molecule has 0 heterocycles. The zero-order valence-corrected chi connectivity index (χ0v) is 12.5.